The minimum atomic E-state index is -3.51. The molecule has 1 saturated heterocycles. The van der Waals surface area contributed by atoms with Gasteiger partial charge in [0.1, 0.15) is 29.5 Å². The number of aliphatic imine (C=N–C) groups is 1. The van der Waals surface area contributed by atoms with Crippen LogP contribution in [-0.4, -0.2) is 86.1 Å². The van der Waals surface area contributed by atoms with Crippen LogP contribution in [0.15, 0.2) is 16.3 Å². The fraction of sp³-hybridized carbons (Fsp3) is 0.600. The predicted octanol–water partition coefficient (Wildman–Crippen LogP) is 0.148. The molecular weight excluding hydrogens is 460 g/mol. The van der Waals surface area contributed by atoms with Crippen molar-refractivity contribution in [1.82, 2.24) is 13.9 Å². The highest BCUT2D eigenvalue weighted by molar-refractivity contribution is 8.20. The Balaban J connectivity index is 1.66. The normalized spacial score (nSPS) is 24.8. The van der Waals surface area contributed by atoms with E-state index in [1.54, 1.807) is 0 Å². The summed E-state index contributed by atoms with van der Waals surface area (Å²) in [7, 11) is -3.51. The SMILES string of the molecule is CCS(=O)(=O)CC(=O)NC1C(=O)N2C(C(=O)O)=C(CSN3CN=C(C)S3)CS[C@@H]12. The Morgan fingerprint density at radius 3 is 2.72 bits per heavy atom. The van der Waals surface area contributed by atoms with Gasteiger partial charge in [-0.25, -0.2) is 13.2 Å². The van der Waals surface area contributed by atoms with Gasteiger partial charge in [0, 0.05) is 17.3 Å². The molecule has 10 nitrogen and oxygen atoms in total. The number of carboxylic acid groups (broad SMARTS) is 1. The summed E-state index contributed by atoms with van der Waals surface area (Å²) < 4.78 is 25.1. The third kappa shape index (κ3) is 4.93. The maximum atomic E-state index is 12.5. The molecule has 2 N–H and O–H groups in total. The second-order valence-corrected chi connectivity index (χ2v) is 12.3. The zero-order chi connectivity index (χ0) is 21.3. The standard InChI is InChI=1S/C15H20N4O6S4/c1-3-29(24,25)6-10(20)17-11-13(21)19-12(15(22)23)9(4-26-14(11)19)5-27-18-7-16-8(2)28-18/h11,14H,3-7H2,1-2H3,(H,17,20)(H,22,23)/t11?,14-/m0/s1. The molecule has 3 aliphatic rings. The van der Waals surface area contributed by atoms with Crippen molar-refractivity contribution in [3.8, 4) is 0 Å². The third-order valence-corrected chi connectivity index (χ3v) is 9.44. The molecule has 0 spiro atoms. The van der Waals surface area contributed by atoms with Crippen LogP contribution in [0.1, 0.15) is 13.8 Å². The topological polar surface area (TPSA) is 136 Å². The lowest BCUT2D eigenvalue weighted by atomic mass is 10.0. The molecule has 0 radical (unpaired) electrons. The van der Waals surface area contributed by atoms with Gasteiger partial charge in [-0.3, -0.25) is 19.5 Å². The molecule has 1 unspecified atom stereocenters. The number of thioether (sulfide) groups is 1. The highest BCUT2D eigenvalue weighted by atomic mass is 32.2. The summed E-state index contributed by atoms with van der Waals surface area (Å²) >= 11 is 4.28. The van der Waals surface area contributed by atoms with E-state index in [4.69, 9.17) is 0 Å². The van der Waals surface area contributed by atoms with E-state index < -0.39 is 44.8 Å². The van der Waals surface area contributed by atoms with Crippen LogP contribution in [0.5, 0.6) is 0 Å². The molecule has 14 heteroatoms. The van der Waals surface area contributed by atoms with Crippen molar-refractivity contribution in [2.75, 3.05) is 29.7 Å². The number of carbonyl (C=O) groups is 3. The van der Waals surface area contributed by atoms with Crippen molar-refractivity contribution >= 4 is 68.3 Å². The summed E-state index contributed by atoms with van der Waals surface area (Å²) in [6.45, 7) is 3.85. The number of sulfone groups is 1. The van der Waals surface area contributed by atoms with Gasteiger partial charge >= 0.3 is 5.97 Å². The summed E-state index contributed by atoms with van der Waals surface area (Å²) in [5.74, 6) is -2.54. The van der Waals surface area contributed by atoms with E-state index >= 15 is 0 Å². The van der Waals surface area contributed by atoms with E-state index in [1.807, 2.05) is 10.6 Å². The zero-order valence-electron chi connectivity index (χ0n) is 15.7. The van der Waals surface area contributed by atoms with Crippen molar-refractivity contribution in [2.24, 2.45) is 4.99 Å². The third-order valence-electron chi connectivity index (χ3n) is 4.38. The Bertz CT molecular complexity index is 902. The lowest BCUT2D eigenvalue weighted by Crippen LogP contribution is -2.71. The second-order valence-electron chi connectivity index (χ2n) is 6.40. The van der Waals surface area contributed by atoms with Gasteiger partial charge in [0.15, 0.2) is 9.84 Å². The van der Waals surface area contributed by atoms with Crippen molar-refractivity contribution in [2.45, 2.75) is 25.3 Å². The van der Waals surface area contributed by atoms with Gasteiger partial charge in [-0.1, -0.05) is 18.9 Å². The largest absolute Gasteiger partial charge is 0.477 e. The van der Waals surface area contributed by atoms with Crippen molar-refractivity contribution < 1.29 is 27.9 Å². The Kier molecular flexibility index (Phi) is 6.88. The summed E-state index contributed by atoms with van der Waals surface area (Å²) in [6.07, 6.45) is 0. The molecule has 2 amide bonds. The lowest BCUT2D eigenvalue weighted by molar-refractivity contribution is -0.150. The van der Waals surface area contributed by atoms with E-state index in [9.17, 15) is 27.9 Å². The molecule has 0 aromatic heterocycles. The summed E-state index contributed by atoms with van der Waals surface area (Å²) in [5.41, 5.74) is 0.570. The van der Waals surface area contributed by atoms with Crippen LogP contribution in [0.4, 0.5) is 0 Å². The number of amides is 2. The molecule has 29 heavy (non-hydrogen) atoms. The van der Waals surface area contributed by atoms with E-state index in [2.05, 4.69) is 10.3 Å². The molecular formula is C15H20N4O6S4. The van der Waals surface area contributed by atoms with E-state index in [0.717, 1.165) is 5.04 Å². The second kappa shape index (κ2) is 8.88. The summed E-state index contributed by atoms with van der Waals surface area (Å²) in [4.78, 5) is 41.8. The minimum Gasteiger partial charge on any atom is -0.477 e. The predicted molar refractivity (Wildman–Crippen MR) is 114 cm³/mol. The first kappa shape index (κ1) is 22.5. The van der Waals surface area contributed by atoms with Gasteiger partial charge in [0.05, 0.1) is 5.04 Å². The van der Waals surface area contributed by atoms with Crippen LogP contribution in [-0.2, 0) is 24.2 Å². The summed E-state index contributed by atoms with van der Waals surface area (Å²) in [6, 6.07) is -0.923. The molecule has 3 aliphatic heterocycles. The monoisotopic (exact) mass is 480 g/mol. The first-order chi connectivity index (χ1) is 13.6. The quantitative estimate of drug-likeness (QED) is 0.365. The van der Waals surface area contributed by atoms with Crippen LogP contribution in [0.3, 0.4) is 0 Å². The number of β-lactam (4-membered cyclic amide) rings is 1. The maximum absolute atomic E-state index is 12.5. The number of rotatable bonds is 8. The van der Waals surface area contributed by atoms with Gasteiger partial charge in [0.25, 0.3) is 5.91 Å². The number of hydrogen-bond acceptors (Lipinski definition) is 10. The molecule has 0 aromatic carbocycles. The van der Waals surface area contributed by atoms with Gasteiger partial charge in [0.2, 0.25) is 5.91 Å². The Labute approximate surface area is 181 Å². The van der Waals surface area contributed by atoms with Crippen LogP contribution in [0.25, 0.3) is 0 Å². The lowest BCUT2D eigenvalue weighted by Gasteiger charge is -2.49. The fourth-order valence-corrected chi connectivity index (χ4v) is 6.95. The first-order valence-corrected chi connectivity index (χ1v) is 13.2. The van der Waals surface area contributed by atoms with Crippen molar-refractivity contribution in [3.05, 3.63) is 11.3 Å². The van der Waals surface area contributed by atoms with Gasteiger partial charge in [-0.2, -0.15) is 3.71 Å². The van der Waals surface area contributed by atoms with Crippen molar-refractivity contribution in [3.63, 3.8) is 0 Å². The number of fused-ring (bicyclic) bond motifs is 1. The highest BCUT2D eigenvalue weighted by Gasteiger charge is 2.54. The van der Waals surface area contributed by atoms with Gasteiger partial charge < -0.3 is 10.4 Å². The molecule has 160 valence electrons. The molecule has 3 rings (SSSR count). The molecule has 2 atom stereocenters. The zero-order valence-corrected chi connectivity index (χ0v) is 18.9. The van der Waals surface area contributed by atoms with Crippen LogP contribution in [0, 0.1) is 0 Å². The number of hydrogen-bond donors (Lipinski definition) is 2. The minimum absolute atomic E-state index is 0.0558. The Morgan fingerprint density at radius 2 is 2.14 bits per heavy atom. The van der Waals surface area contributed by atoms with Gasteiger partial charge in [-0.15, -0.1) is 11.8 Å². The van der Waals surface area contributed by atoms with E-state index in [1.165, 1.54) is 47.5 Å². The van der Waals surface area contributed by atoms with E-state index in [0.29, 0.717) is 23.7 Å². The molecule has 0 saturated carbocycles. The molecule has 0 bridgehead atoms. The molecule has 3 heterocycles. The molecule has 0 aliphatic carbocycles. The fourth-order valence-electron chi connectivity index (χ4n) is 2.89. The van der Waals surface area contributed by atoms with Crippen LogP contribution < -0.4 is 5.32 Å². The number of aliphatic carboxylic acids is 1. The number of carbonyl (C=O) groups excluding carboxylic acids is 2. The Hall–Kier alpha value is -1.22. The van der Waals surface area contributed by atoms with E-state index in [-0.39, 0.29) is 11.4 Å². The average Bonchev–Trinajstić information content (AvgIpc) is 3.08. The summed E-state index contributed by atoms with van der Waals surface area (Å²) in [5, 5.41) is 12.5. The Morgan fingerprint density at radius 1 is 1.41 bits per heavy atom. The first-order valence-electron chi connectivity index (χ1n) is 8.62. The average molecular weight is 481 g/mol. The molecule has 0 aromatic rings. The van der Waals surface area contributed by atoms with Crippen LogP contribution >= 0.6 is 35.7 Å². The number of nitrogens with zero attached hydrogens (tertiary/aromatic N) is 3. The van der Waals surface area contributed by atoms with Crippen LogP contribution in [0.2, 0.25) is 0 Å². The number of carboxylic acids is 1. The van der Waals surface area contributed by atoms with Gasteiger partial charge in [-0.05, 0) is 24.4 Å². The highest BCUT2D eigenvalue weighted by Crippen LogP contribution is 2.42. The maximum Gasteiger partial charge on any atom is 0.352 e. The molecule has 1 fully saturated rings. The van der Waals surface area contributed by atoms with Crippen molar-refractivity contribution in [1.29, 1.82) is 0 Å². The smallest absolute Gasteiger partial charge is 0.352 e. The number of nitrogens with one attached hydrogen (secondary N) is 1.